The minimum Gasteiger partial charge on any atom is -0.372 e. The van der Waals surface area contributed by atoms with Crippen molar-refractivity contribution < 1.29 is 28.0 Å². The quantitative estimate of drug-likeness (QED) is 0.423. The van der Waals surface area contributed by atoms with E-state index in [1.165, 1.54) is 0 Å². The van der Waals surface area contributed by atoms with Gasteiger partial charge in [-0.2, -0.15) is 0 Å². The molecule has 1 spiro atoms. The van der Waals surface area contributed by atoms with Gasteiger partial charge in [0.1, 0.15) is 5.41 Å². The van der Waals surface area contributed by atoms with Crippen LogP contribution in [0.25, 0.3) is 22.5 Å². The molecule has 34 heavy (non-hydrogen) atoms. The number of imidazole rings is 1. The second-order valence-electron chi connectivity index (χ2n) is 9.34. The van der Waals surface area contributed by atoms with E-state index >= 15 is 4.39 Å². The maximum absolute atomic E-state index is 16.1. The lowest BCUT2D eigenvalue weighted by Gasteiger charge is -2.55. The number of rotatable bonds is 1. The Morgan fingerprint density at radius 2 is 2.06 bits per heavy atom. The Hall–Kier alpha value is -3.60. The molecule has 0 bridgehead atoms. The SMILES string of the molecule is C[C@@H]1CN2c3c(cc4c(-c5nccn5C)noc4c3F)CC3(C(=O)CC(=O)NC3=O)[C@@H]2[C@H](C)O1. The summed E-state index contributed by atoms with van der Waals surface area (Å²) < 4.78 is 29.2. The lowest BCUT2D eigenvalue weighted by atomic mass is 9.63. The van der Waals surface area contributed by atoms with Crippen molar-refractivity contribution in [2.24, 2.45) is 12.5 Å². The number of piperidine rings is 1. The average molecular weight is 467 g/mol. The number of ketones is 1. The second kappa shape index (κ2) is 6.95. The van der Waals surface area contributed by atoms with Gasteiger partial charge in [-0.3, -0.25) is 19.7 Å². The molecule has 3 aliphatic rings. The Morgan fingerprint density at radius 1 is 1.26 bits per heavy atom. The summed E-state index contributed by atoms with van der Waals surface area (Å²) in [5.41, 5.74) is -0.503. The number of carbonyl (C=O) groups excluding carboxylic acids is 3. The Kier molecular flexibility index (Phi) is 4.29. The normalized spacial score (nSPS) is 28.9. The van der Waals surface area contributed by atoms with Crippen LogP contribution in [-0.4, -0.2) is 57.1 Å². The molecule has 3 aliphatic heterocycles. The number of carbonyl (C=O) groups is 3. The molecular formula is C23H22FN5O5. The van der Waals surface area contributed by atoms with Crippen LogP contribution in [0.4, 0.5) is 10.1 Å². The summed E-state index contributed by atoms with van der Waals surface area (Å²) in [5.74, 6) is -1.90. The highest BCUT2D eigenvalue weighted by atomic mass is 19.1. The van der Waals surface area contributed by atoms with Gasteiger partial charge in [0.05, 0.1) is 35.7 Å². The van der Waals surface area contributed by atoms with E-state index in [0.29, 0.717) is 22.5 Å². The van der Waals surface area contributed by atoms with Crippen LogP contribution in [0.5, 0.6) is 0 Å². The van der Waals surface area contributed by atoms with E-state index < -0.39 is 47.4 Å². The van der Waals surface area contributed by atoms with Gasteiger partial charge >= 0.3 is 0 Å². The van der Waals surface area contributed by atoms with Gasteiger partial charge in [-0.15, -0.1) is 0 Å². The number of nitrogens with zero attached hydrogens (tertiary/aromatic N) is 4. The molecule has 6 rings (SSSR count). The summed E-state index contributed by atoms with van der Waals surface area (Å²) in [7, 11) is 1.79. The zero-order valence-corrected chi connectivity index (χ0v) is 18.8. The van der Waals surface area contributed by atoms with Crippen LogP contribution in [-0.2, 0) is 32.6 Å². The third-order valence-electron chi connectivity index (χ3n) is 7.21. The van der Waals surface area contributed by atoms with Crippen LogP contribution in [0, 0.1) is 11.2 Å². The number of Topliss-reactive ketones (excluding diaryl/α,β-unsaturated/α-hetero) is 1. The van der Waals surface area contributed by atoms with Crippen molar-refractivity contribution in [3.8, 4) is 11.5 Å². The largest absolute Gasteiger partial charge is 0.372 e. The number of benzene rings is 1. The third-order valence-corrected chi connectivity index (χ3v) is 7.21. The predicted octanol–water partition coefficient (Wildman–Crippen LogP) is 1.51. The van der Waals surface area contributed by atoms with E-state index in [0.717, 1.165) is 0 Å². The number of imide groups is 1. The van der Waals surface area contributed by atoms with Gasteiger partial charge < -0.3 is 18.7 Å². The molecule has 0 aliphatic carbocycles. The molecule has 2 saturated heterocycles. The molecule has 1 unspecified atom stereocenters. The first-order valence-electron chi connectivity index (χ1n) is 11.1. The minimum atomic E-state index is -1.58. The van der Waals surface area contributed by atoms with Crippen LogP contribution in [0.1, 0.15) is 25.8 Å². The summed E-state index contributed by atoms with van der Waals surface area (Å²) in [5, 5.41) is 6.81. The molecule has 4 atom stereocenters. The highest BCUT2D eigenvalue weighted by Gasteiger charge is 2.62. The summed E-state index contributed by atoms with van der Waals surface area (Å²) in [6, 6.07) is 0.939. The first-order valence-corrected chi connectivity index (χ1v) is 11.1. The number of halogens is 1. The van der Waals surface area contributed by atoms with E-state index in [1.807, 2.05) is 6.92 Å². The Labute approximate surface area is 193 Å². The summed E-state index contributed by atoms with van der Waals surface area (Å²) >= 11 is 0. The summed E-state index contributed by atoms with van der Waals surface area (Å²) in [6.07, 6.45) is 2.02. The van der Waals surface area contributed by atoms with E-state index in [9.17, 15) is 14.4 Å². The maximum Gasteiger partial charge on any atom is 0.242 e. The van der Waals surface area contributed by atoms with Crippen LogP contribution in [0.15, 0.2) is 23.0 Å². The van der Waals surface area contributed by atoms with E-state index in [4.69, 9.17) is 9.26 Å². The Bertz CT molecular complexity index is 1370. The number of amides is 2. The molecule has 0 radical (unpaired) electrons. The zero-order valence-electron chi connectivity index (χ0n) is 18.8. The van der Waals surface area contributed by atoms with Gasteiger partial charge in [0.25, 0.3) is 0 Å². The van der Waals surface area contributed by atoms with Gasteiger partial charge in [0, 0.05) is 26.0 Å². The minimum absolute atomic E-state index is 0.0205. The molecule has 1 aromatic carbocycles. The van der Waals surface area contributed by atoms with Gasteiger partial charge in [0.15, 0.2) is 23.1 Å². The number of nitrogens with one attached hydrogen (secondary N) is 1. The van der Waals surface area contributed by atoms with Crippen LogP contribution in [0.2, 0.25) is 0 Å². The van der Waals surface area contributed by atoms with Crippen LogP contribution >= 0.6 is 0 Å². The fraction of sp³-hybridized carbons (Fsp3) is 0.435. The number of morpholine rings is 1. The maximum atomic E-state index is 16.1. The van der Waals surface area contributed by atoms with Gasteiger partial charge in [-0.25, -0.2) is 9.37 Å². The van der Waals surface area contributed by atoms with Gasteiger partial charge in [-0.05, 0) is 31.9 Å². The van der Waals surface area contributed by atoms with Crippen molar-refractivity contribution >= 4 is 34.3 Å². The predicted molar refractivity (Wildman–Crippen MR) is 116 cm³/mol. The molecule has 5 heterocycles. The summed E-state index contributed by atoms with van der Waals surface area (Å²) in [6.45, 7) is 3.88. The van der Waals surface area contributed by atoms with Crippen LogP contribution in [0.3, 0.4) is 0 Å². The molecule has 11 heteroatoms. The van der Waals surface area contributed by atoms with Crippen molar-refractivity contribution in [2.45, 2.75) is 44.9 Å². The van der Waals surface area contributed by atoms with Crippen molar-refractivity contribution in [1.82, 2.24) is 20.0 Å². The lowest BCUT2D eigenvalue weighted by Crippen LogP contribution is -2.72. The summed E-state index contributed by atoms with van der Waals surface area (Å²) in [4.78, 5) is 44.7. The molecule has 2 aromatic heterocycles. The van der Waals surface area contributed by atoms with Crippen molar-refractivity contribution in [2.75, 3.05) is 11.4 Å². The number of fused-ring (bicyclic) bond motifs is 5. The van der Waals surface area contributed by atoms with E-state index in [-0.39, 0.29) is 30.3 Å². The zero-order chi connectivity index (χ0) is 23.9. The first kappa shape index (κ1) is 21.0. The van der Waals surface area contributed by atoms with Crippen LogP contribution < -0.4 is 10.2 Å². The Balaban J connectivity index is 1.61. The number of hydrogen-bond donors (Lipinski definition) is 1. The second-order valence-corrected chi connectivity index (χ2v) is 9.34. The van der Waals surface area contributed by atoms with Gasteiger partial charge in [0.2, 0.25) is 17.4 Å². The fourth-order valence-electron chi connectivity index (χ4n) is 5.90. The molecule has 3 aromatic rings. The average Bonchev–Trinajstić information content (AvgIpc) is 3.37. The van der Waals surface area contributed by atoms with Gasteiger partial charge in [-0.1, -0.05) is 5.16 Å². The van der Waals surface area contributed by atoms with Crippen molar-refractivity contribution in [1.29, 1.82) is 0 Å². The third kappa shape index (κ3) is 2.61. The molecule has 2 amide bonds. The molecule has 0 saturated carbocycles. The molecule has 1 N–H and O–H groups in total. The molecule has 2 fully saturated rings. The standard InChI is InChI=1S/C23H22FN5O5/c1-10-9-29-18-12(6-13-17(21-25-4-5-28(21)3)27-34-19(13)16(18)24)8-23(20(29)11(2)33-10)14(30)7-15(31)26-22(23)32/h4-6,10-11,20H,7-9H2,1-3H3,(H,26,31,32)/t10-,11+,20+,23?/m1/s1. The number of ether oxygens (including phenoxy) is 1. The number of aromatic nitrogens is 3. The fourth-order valence-corrected chi connectivity index (χ4v) is 5.90. The highest BCUT2D eigenvalue weighted by molar-refractivity contribution is 6.22. The molecule has 10 nitrogen and oxygen atoms in total. The lowest BCUT2D eigenvalue weighted by molar-refractivity contribution is -0.158. The van der Waals surface area contributed by atoms with E-state index in [1.54, 1.807) is 41.9 Å². The topological polar surface area (TPSA) is 120 Å². The smallest absolute Gasteiger partial charge is 0.242 e. The molecular weight excluding hydrogens is 445 g/mol. The molecule has 176 valence electrons. The first-order chi connectivity index (χ1) is 16.2. The monoisotopic (exact) mass is 467 g/mol. The highest BCUT2D eigenvalue weighted by Crippen LogP contribution is 2.50. The Morgan fingerprint density at radius 3 is 2.76 bits per heavy atom. The van der Waals surface area contributed by atoms with Crippen molar-refractivity contribution in [3.05, 3.63) is 29.8 Å². The van der Waals surface area contributed by atoms with E-state index in [2.05, 4.69) is 15.5 Å². The van der Waals surface area contributed by atoms with Crippen molar-refractivity contribution in [3.63, 3.8) is 0 Å². The number of aryl methyl sites for hydroxylation is 1. The number of anilines is 1. The number of hydrogen-bond acceptors (Lipinski definition) is 8.